The summed E-state index contributed by atoms with van der Waals surface area (Å²) in [6.45, 7) is 0.473. The fourth-order valence-corrected chi connectivity index (χ4v) is 4.77. The van der Waals surface area contributed by atoms with Crippen molar-refractivity contribution in [3.63, 3.8) is 0 Å². The van der Waals surface area contributed by atoms with Gasteiger partial charge in [-0.2, -0.15) is 0 Å². The second kappa shape index (κ2) is 5.38. The molecule has 1 N–H and O–H groups in total. The van der Waals surface area contributed by atoms with Gasteiger partial charge in [-0.1, -0.05) is 6.42 Å². The Morgan fingerprint density at radius 3 is 2.43 bits per heavy atom. The molecule has 7 heteroatoms. The molecule has 0 amide bonds. The Bertz CT molecular complexity index is 641. The Hall–Kier alpha value is -1.47. The molecule has 0 aliphatic heterocycles. The van der Waals surface area contributed by atoms with Gasteiger partial charge in [0.1, 0.15) is 0 Å². The number of hydrogen-bond acceptors (Lipinski definition) is 4. The van der Waals surface area contributed by atoms with Gasteiger partial charge < -0.3 is 0 Å². The fourth-order valence-electron chi connectivity index (χ4n) is 3.67. The molecule has 0 heterocycles. The smallest absolute Gasteiger partial charge is 0.258 e. The maximum atomic E-state index is 12.2. The SMILES string of the molecule is O=[N+]([O-])c1ccc(S(=O)(=O)NC[C@H]2CC3CCC2C3)cc1. The summed E-state index contributed by atoms with van der Waals surface area (Å²) in [6.07, 6.45) is 4.86. The first-order valence-corrected chi connectivity index (χ1v) is 8.68. The second-order valence-electron chi connectivity index (χ2n) is 6.04. The maximum Gasteiger partial charge on any atom is 0.269 e. The molecule has 6 nitrogen and oxygen atoms in total. The zero-order valence-corrected chi connectivity index (χ0v) is 12.4. The molecule has 0 saturated heterocycles. The predicted molar refractivity (Wildman–Crippen MR) is 77.2 cm³/mol. The highest BCUT2D eigenvalue weighted by Crippen LogP contribution is 2.48. The molecule has 2 unspecified atom stereocenters. The Labute approximate surface area is 123 Å². The number of nitrogens with one attached hydrogen (secondary N) is 1. The van der Waals surface area contributed by atoms with Crippen LogP contribution in [0, 0.1) is 27.9 Å². The minimum atomic E-state index is -3.58. The van der Waals surface area contributed by atoms with E-state index < -0.39 is 14.9 Å². The molecule has 3 atom stereocenters. The average Bonchev–Trinajstić information content (AvgIpc) is 3.08. The second-order valence-corrected chi connectivity index (χ2v) is 7.80. The van der Waals surface area contributed by atoms with E-state index in [1.54, 1.807) is 0 Å². The lowest BCUT2D eigenvalue weighted by molar-refractivity contribution is -0.384. The zero-order valence-electron chi connectivity index (χ0n) is 11.6. The highest BCUT2D eigenvalue weighted by atomic mass is 32.2. The number of non-ortho nitro benzene ring substituents is 1. The standard InChI is InChI=1S/C14H18N2O4S/c17-16(18)13-3-5-14(6-4-13)21(19,20)15-9-12-8-10-1-2-11(12)7-10/h3-6,10-12,15H,1-2,7-9H2/t10?,11?,12-/m1/s1. The number of fused-ring (bicyclic) bond motifs is 2. The third-order valence-corrected chi connectivity index (χ3v) is 6.22. The van der Waals surface area contributed by atoms with Crippen LogP contribution in [-0.4, -0.2) is 19.9 Å². The number of nitrogens with zero attached hydrogens (tertiary/aromatic N) is 1. The molecule has 0 aromatic heterocycles. The molecule has 2 bridgehead atoms. The summed E-state index contributed by atoms with van der Waals surface area (Å²) in [6, 6.07) is 4.99. The van der Waals surface area contributed by atoms with E-state index in [4.69, 9.17) is 0 Å². The van der Waals surface area contributed by atoms with Crippen molar-refractivity contribution in [2.24, 2.45) is 17.8 Å². The maximum absolute atomic E-state index is 12.2. The van der Waals surface area contributed by atoms with Crippen molar-refractivity contribution in [1.82, 2.24) is 4.72 Å². The van der Waals surface area contributed by atoms with Crippen LogP contribution in [0.25, 0.3) is 0 Å². The first kappa shape index (κ1) is 14.5. The Morgan fingerprint density at radius 1 is 1.19 bits per heavy atom. The lowest BCUT2D eigenvalue weighted by Crippen LogP contribution is -2.31. The van der Waals surface area contributed by atoms with Crippen molar-refractivity contribution in [3.05, 3.63) is 34.4 Å². The van der Waals surface area contributed by atoms with E-state index in [0.717, 1.165) is 12.3 Å². The Morgan fingerprint density at radius 2 is 1.90 bits per heavy atom. The van der Waals surface area contributed by atoms with Crippen LogP contribution in [0.3, 0.4) is 0 Å². The van der Waals surface area contributed by atoms with Gasteiger partial charge in [-0.3, -0.25) is 10.1 Å². The van der Waals surface area contributed by atoms with E-state index in [1.807, 2.05) is 0 Å². The van der Waals surface area contributed by atoms with Crippen LogP contribution in [0.1, 0.15) is 25.7 Å². The van der Waals surface area contributed by atoms with Gasteiger partial charge in [0, 0.05) is 18.7 Å². The van der Waals surface area contributed by atoms with E-state index in [-0.39, 0.29) is 10.6 Å². The predicted octanol–water partition coefficient (Wildman–Crippen LogP) is 2.31. The molecule has 0 radical (unpaired) electrons. The fraction of sp³-hybridized carbons (Fsp3) is 0.571. The average molecular weight is 310 g/mol. The van der Waals surface area contributed by atoms with Gasteiger partial charge in [0.2, 0.25) is 10.0 Å². The number of benzene rings is 1. The summed E-state index contributed by atoms with van der Waals surface area (Å²) in [5, 5.41) is 10.6. The van der Waals surface area contributed by atoms with Gasteiger partial charge in [0.15, 0.2) is 0 Å². The van der Waals surface area contributed by atoms with Crippen LogP contribution < -0.4 is 4.72 Å². The first-order chi connectivity index (χ1) is 9.95. The molecule has 1 aromatic rings. The van der Waals surface area contributed by atoms with Gasteiger partial charge in [0.05, 0.1) is 9.82 Å². The minimum Gasteiger partial charge on any atom is -0.258 e. The van der Waals surface area contributed by atoms with Gasteiger partial charge in [-0.25, -0.2) is 13.1 Å². The monoisotopic (exact) mass is 310 g/mol. The number of sulfonamides is 1. The lowest BCUT2D eigenvalue weighted by Gasteiger charge is -2.21. The highest BCUT2D eigenvalue weighted by Gasteiger charge is 2.39. The summed E-state index contributed by atoms with van der Waals surface area (Å²) in [4.78, 5) is 10.1. The highest BCUT2D eigenvalue weighted by molar-refractivity contribution is 7.89. The van der Waals surface area contributed by atoms with Crippen molar-refractivity contribution in [2.45, 2.75) is 30.6 Å². The van der Waals surface area contributed by atoms with Crippen molar-refractivity contribution in [1.29, 1.82) is 0 Å². The van der Waals surface area contributed by atoms with E-state index in [2.05, 4.69) is 4.72 Å². The topological polar surface area (TPSA) is 89.3 Å². The van der Waals surface area contributed by atoms with Crippen molar-refractivity contribution in [2.75, 3.05) is 6.54 Å². The van der Waals surface area contributed by atoms with Gasteiger partial charge in [0.25, 0.3) is 5.69 Å². The molecule has 1 aromatic carbocycles. The summed E-state index contributed by atoms with van der Waals surface area (Å²) < 4.78 is 27.0. The summed E-state index contributed by atoms with van der Waals surface area (Å²) in [5.74, 6) is 1.88. The molecule has 2 saturated carbocycles. The molecular weight excluding hydrogens is 292 g/mol. The third kappa shape index (κ3) is 2.94. The quantitative estimate of drug-likeness (QED) is 0.667. The number of hydrogen-bond donors (Lipinski definition) is 1. The van der Waals surface area contributed by atoms with Crippen LogP contribution >= 0.6 is 0 Å². The van der Waals surface area contributed by atoms with Gasteiger partial charge in [-0.15, -0.1) is 0 Å². The normalized spacial score (nSPS) is 27.9. The molecular formula is C14H18N2O4S. The molecule has 3 rings (SSSR count). The van der Waals surface area contributed by atoms with E-state index in [9.17, 15) is 18.5 Å². The third-order valence-electron chi connectivity index (χ3n) is 4.78. The minimum absolute atomic E-state index is 0.0799. The first-order valence-electron chi connectivity index (χ1n) is 7.20. The van der Waals surface area contributed by atoms with Crippen molar-refractivity contribution >= 4 is 15.7 Å². The molecule has 0 spiro atoms. The molecule has 2 aliphatic carbocycles. The van der Waals surface area contributed by atoms with Crippen molar-refractivity contribution in [3.8, 4) is 0 Å². The molecule has 114 valence electrons. The van der Waals surface area contributed by atoms with E-state index >= 15 is 0 Å². The van der Waals surface area contributed by atoms with E-state index in [1.165, 1.54) is 43.5 Å². The number of nitro groups is 1. The Balaban J connectivity index is 1.65. The summed E-state index contributed by atoms with van der Waals surface area (Å²) in [7, 11) is -3.58. The lowest BCUT2D eigenvalue weighted by atomic mass is 9.89. The largest absolute Gasteiger partial charge is 0.269 e. The van der Waals surface area contributed by atoms with E-state index in [0.29, 0.717) is 18.4 Å². The van der Waals surface area contributed by atoms with Crippen LogP contribution in [-0.2, 0) is 10.0 Å². The number of rotatable bonds is 5. The molecule has 2 fully saturated rings. The zero-order chi connectivity index (χ0) is 15.0. The van der Waals surface area contributed by atoms with Crippen LogP contribution in [0.4, 0.5) is 5.69 Å². The van der Waals surface area contributed by atoms with Gasteiger partial charge >= 0.3 is 0 Å². The number of nitro benzene ring substituents is 1. The summed E-state index contributed by atoms with van der Waals surface area (Å²) in [5.41, 5.74) is -0.109. The van der Waals surface area contributed by atoms with Crippen LogP contribution in [0.2, 0.25) is 0 Å². The van der Waals surface area contributed by atoms with Crippen LogP contribution in [0.5, 0.6) is 0 Å². The summed E-state index contributed by atoms with van der Waals surface area (Å²) >= 11 is 0. The Kier molecular flexibility index (Phi) is 3.71. The van der Waals surface area contributed by atoms with Crippen LogP contribution in [0.15, 0.2) is 29.2 Å². The molecule has 2 aliphatic rings. The van der Waals surface area contributed by atoms with Crippen molar-refractivity contribution < 1.29 is 13.3 Å². The van der Waals surface area contributed by atoms with Gasteiger partial charge in [-0.05, 0) is 49.1 Å². The molecule has 21 heavy (non-hydrogen) atoms.